The first-order valence-electron chi connectivity index (χ1n) is 4.89. The van der Waals surface area contributed by atoms with Crippen LogP contribution in [0.15, 0.2) is 0 Å². The highest BCUT2D eigenvalue weighted by molar-refractivity contribution is 6.18. The van der Waals surface area contributed by atoms with Gasteiger partial charge in [0.05, 0.1) is 0 Å². The first-order chi connectivity index (χ1) is 5.33. The van der Waals surface area contributed by atoms with Crippen LogP contribution in [0.1, 0.15) is 45.4 Å². The summed E-state index contributed by atoms with van der Waals surface area (Å²) in [5, 5.41) is 0. The summed E-state index contributed by atoms with van der Waals surface area (Å²) in [5.74, 6) is 2.58. The van der Waals surface area contributed by atoms with Crippen LogP contribution >= 0.6 is 11.6 Å². The zero-order valence-electron chi connectivity index (χ0n) is 7.48. The summed E-state index contributed by atoms with van der Waals surface area (Å²) in [6.45, 7) is 2.27. The number of rotatable bonds is 3. The average Bonchev–Trinajstić information content (AvgIpc) is 2.06. The maximum absolute atomic E-state index is 5.77. The first-order valence-corrected chi connectivity index (χ1v) is 5.42. The third-order valence-corrected chi connectivity index (χ3v) is 3.25. The minimum atomic E-state index is 0.736. The van der Waals surface area contributed by atoms with Crippen LogP contribution in [0.3, 0.4) is 0 Å². The molecule has 0 heterocycles. The molecule has 1 aliphatic rings. The van der Waals surface area contributed by atoms with Gasteiger partial charge in [-0.3, -0.25) is 0 Å². The van der Waals surface area contributed by atoms with E-state index in [0.717, 1.165) is 17.7 Å². The standard InChI is InChI=1S/C10H19Cl/c1-9(8-11)7-10-5-3-2-4-6-10/h9-10H,2-8H2,1H3. The van der Waals surface area contributed by atoms with Crippen molar-refractivity contribution >= 4 is 11.6 Å². The number of hydrogen-bond acceptors (Lipinski definition) is 0. The van der Waals surface area contributed by atoms with E-state index in [4.69, 9.17) is 11.6 Å². The van der Waals surface area contributed by atoms with Crippen molar-refractivity contribution in [3.05, 3.63) is 0 Å². The fourth-order valence-corrected chi connectivity index (χ4v) is 2.18. The van der Waals surface area contributed by atoms with Crippen molar-refractivity contribution in [1.82, 2.24) is 0 Å². The van der Waals surface area contributed by atoms with Crippen LogP contribution in [0.2, 0.25) is 0 Å². The molecule has 0 spiro atoms. The molecule has 0 aromatic carbocycles. The second-order valence-electron chi connectivity index (χ2n) is 4.00. The van der Waals surface area contributed by atoms with E-state index >= 15 is 0 Å². The maximum atomic E-state index is 5.77. The number of halogens is 1. The molecule has 1 unspecified atom stereocenters. The monoisotopic (exact) mass is 174 g/mol. The van der Waals surface area contributed by atoms with Crippen LogP contribution in [0.25, 0.3) is 0 Å². The van der Waals surface area contributed by atoms with Crippen LogP contribution in [0, 0.1) is 11.8 Å². The summed E-state index contributed by atoms with van der Waals surface area (Å²) >= 11 is 5.77. The van der Waals surface area contributed by atoms with Crippen molar-refractivity contribution in [2.24, 2.45) is 11.8 Å². The zero-order chi connectivity index (χ0) is 8.10. The Balaban J connectivity index is 2.13. The van der Waals surface area contributed by atoms with E-state index < -0.39 is 0 Å². The highest BCUT2D eigenvalue weighted by Gasteiger charge is 2.15. The maximum Gasteiger partial charge on any atom is 0.0249 e. The Kier molecular flexibility index (Phi) is 4.29. The van der Waals surface area contributed by atoms with E-state index in [2.05, 4.69) is 6.92 Å². The highest BCUT2D eigenvalue weighted by Crippen LogP contribution is 2.29. The predicted octanol–water partition coefficient (Wildman–Crippen LogP) is 3.83. The fraction of sp³-hybridized carbons (Fsp3) is 1.00. The van der Waals surface area contributed by atoms with E-state index in [0.29, 0.717) is 0 Å². The molecule has 1 saturated carbocycles. The van der Waals surface area contributed by atoms with Gasteiger partial charge in [0.2, 0.25) is 0 Å². The molecule has 0 bridgehead atoms. The molecule has 0 aliphatic heterocycles. The molecule has 0 amide bonds. The molecule has 0 aromatic rings. The van der Waals surface area contributed by atoms with Crippen molar-refractivity contribution in [1.29, 1.82) is 0 Å². The van der Waals surface area contributed by atoms with Crippen LogP contribution in [-0.2, 0) is 0 Å². The van der Waals surface area contributed by atoms with Crippen molar-refractivity contribution in [3.63, 3.8) is 0 Å². The van der Waals surface area contributed by atoms with Crippen LogP contribution in [0.4, 0.5) is 0 Å². The lowest BCUT2D eigenvalue weighted by Crippen LogP contribution is -2.11. The fourth-order valence-electron chi connectivity index (χ4n) is 2.05. The molecular formula is C10H19Cl. The summed E-state index contributed by atoms with van der Waals surface area (Å²) in [6, 6.07) is 0. The van der Waals surface area contributed by atoms with E-state index in [1.807, 2.05) is 0 Å². The van der Waals surface area contributed by atoms with Gasteiger partial charge >= 0.3 is 0 Å². The van der Waals surface area contributed by atoms with E-state index in [-0.39, 0.29) is 0 Å². The molecule has 0 N–H and O–H groups in total. The molecule has 0 radical (unpaired) electrons. The van der Waals surface area contributed by atoms with Crippen LogP contribution in [-0.4, -0.2) is 5.88 Å². The topological polar surface area (TPSA) is 0 Å². The van der Waals surface area contributed by atoms with Crippen LogP contribution < -0.4 is 0 Å². The number of hydrogen-bond donors (Lipinski definition) is 0. The Morgan fingerprint density at radius 1 is 1.27 bits per heavy atom. The Morgan fingerprint density at radius 2 is 1.91 bits per heavy atom. The van der Waals surface area contributed by atoms with E-state index in [1.165, 1.54) is 38.5 Å². The predicted molar refractivity (Wildman–Crippen MR) is 51.1 cm³/mol. The minimum absolute atomic E-state index is 0.736. The van der Waals surface area contributed by atoms with Gasteiger partial charge in [-0.1, -0.05) is 39.0 Å². The Bertz CT molecular complexity index is 95.0. The molecule has 0 nitrogen and oxygen atoms in total. The molecule has 1 aliphatic carbocycles. The van der Waals surface area contributed by atoms with Gasteiger partial charge in [0, 0.05) is 5.88 Å². The van der Waals surface area contributed by atoms with Gasteiger partial charge in [0.1, 0.15) is 0 Å². The molecule has 1 fully saturated rings. The van der Waals surface area contributed by atoms with Gasteiger partial charge < -0.3 is 0 Å². The second kappa shape index (κ2) is 5.03. The van der Waals surface area contributed by atoms with Crippen molar-refractivity contribution < 1.29 is 0 Å². The molecule has 1 heteroatoms. The van der Waals surface area contributed by atoms with Gasteiger partial charge in [0.15, 0.2) is 0 Å². The quantitative estimate of drug-likeness (QED) is 0.571. The lowest BCUT2D eigenvalue weighted by atomic mass is 9.84. The largest absolute Gasteiger partial charge is 0.126 e. The Labute approximate surface area is 75.3 Å². The van der Waals surface area contributed by atoms with E-state index in [9.17, 15) is 0 Å². The van der Waals surface area contributed by atoms with Gasteiger partial charge in [-0.05, 0) is 18.3 Å². The third kappa shape index (κ3) is 3.46. The van der Waals surface area contributed by atoms with Crippen molar-refractivity contribution in [2.45, 2.75) is 45.4 Å². The lowest BCUT2D eigenvalue weighted by Gasteiger charge is -2.23. The molecule has 66 valence electrons. The summed E-state index contributed by atoms with van der Waals surface area (Å²) in [7, 11) is 0. The lowest BCUT2D eigenvalue weighted by molar-refractivity contribution is 0.306. The molecule has 0 aromatic heterocycles. The van der Waals surface area contributed by atoms with Crippen molar-refractivity contribution in [2.75, 3.05) is 5.88 Å². The van der Waals surface area contributed by atoms with Crippen molar-refractivity contribution in [3.8, 4) is 0 Å². The molecular weight excluding hydrogens is 156 g/mol. The Hall–Kier alpha value is 0.290. The number of alkyl halides is 1. The second-order valence-corrected chi connectivity index (χ2v) is 4.31. The SMILES string of the molecule is CC(CCl)CC1CCCCC1. The molecule has 0 saturated heterocycles. The third-order valence-electron chi connectivity index (χ3n) is 2.72. The molecule has 1 atom stereocenters. The molecule has 1 rings (SSSR count). The summed E-state index contributed by atoms with van der Waals surface area (Å²) in [4.78, 5) is 0. The first kappa shape index (κ1) is 9.38. The van der Waals surface area contributed by atoms with Gasteiger partial charge in [0.25, 0.3) is 0 Å². The Morgan fingerprint density at radius 3 is 2.45 bits per heavy atom. The molecule has 11 heavy (non-hydrogen) atoms. The smallest absolute Gasteiger partial charge is 0.0249 e. The van der Waals surface area contributed by atoms with Gasteiger partial charge in [-0.2, -0.15) is 0 Å². The van der Waals surface area contributed by atoms with Crippen LogP contribution in [0.5, 0.6) is 0 Å². The zero-order valence-corrected chi connectivity index (χ0v) is 8.24. The minimum Gasteiger partial charge on any atom is -0.126 e. The summed E-state index contributed by atoms with van der Waals surface area (Å²) in [5.41, 5.74) is 0. The van der Waals surface area contributed by atoms with Gasteiger partial charge in [-0.25, -0.2) is 0 Å². The highest BCUT2D eigenvalue weighted by atomic mass is 35.5. The average molecular weight is 175 g/mol. The summed E-state index contributed by atoms with van der Waals surface area (Å²) in [6.07, 6.45) is 8.66. The van der Waals surface area contributed by atoms with Gasteiger partial charge in [-0.15, -0.1) is 11.6 Å². The van der Waals surface area contributed by atoms with E-state index in [1.54, 1.807) is 0 Å². The normalized spacial score (nSPS) is 23.5. The summed E-state index contributed by atoms with van der Waals surface area (Å²) < 4.78 is 0.